The maximum Gasteiger partial charge on any atom is 0.358 e. The molecule has 0 radical (unpaired) electrons. The third kappa shape index (κ3) is 1.58. The summed E-state index contributed by atoms with van der Waals surface area (Å²) < 4.78 is 10.3. The SMILES string of the molecule is COC(=O)c1cnc2oc(C3(C)CCC3)cc2n1. The second-order valence-corrected chi connectivity index (χ2v) is 4.96. The van der Waals surface area contributed by atoms with Crippen LogP contribution in [0.5, 0.6) is 0 Å². The molecule has 5 nitrogen and oxygen atoms in total. The Hall–Kier alpha value is -1.91. The standard InChI is InChI=1S/C13H14N2O3/c1-13(4-3-5-13)10-6-8-11(18-10)14-7-9(15-8)12(16)17-2/h6-7H,3-5H2,1-2H3. The van der Waals surface area contributed by atoms with Gasteiger partial charge in [-0.25, -0.2) is 14.8 Å². The average Bonchev–Trinajstić information content (AvgIpc) is 2.77. The Morgan fingerprint density at radius 3 is 2.89 bits per heavy atom. The van der Waals surface area contributed by atoms with E-state index in [0.717, 1.165) is 18.6 Å². The van der Waals surface area contributed by atoms with Crippen molar-refractivity contribution in [2.24, 2.45) is 0 Å². The van der Waals surface area contributed by atoms with E-state index in [2.05, 4.69) is 21.6 Å². The van der Waals surface area contributed by atoms with Crippen LogP contribution in [0, 0.1) is 0 Å². The number of ether oxygens (including phenoxy) is 1. The second-order valence-electron chi connectivity index (χ2n) is 4.96. The lowest BCUT2D eigenvalue weighted by atomic mass is 9.69. The molecule has 0 N–H and O–H groups in total. The van der Waals surface area contributed by atoms with E-state index in [1.54, 1.807) is 0 Å². The molecule has 1 aliphatic rings. The van der Waals surface area contributed by atoms with E-state index in [0.29, 0.717) is 11.2 Å². The summed E-state index contributed by atoms with van der Waals surface area (Å²) in [5.74, 6) is 0.424. The normalized spacial score (nSPS) is 17.4. The zero-order valence-electron chi connectivity index (χ0n) is 10.4. The summed E-state index contributed by atoms with van der Waals surface area (Å²) in [6.07, 6.45) is 4.85. The van der Waals surface area contributed by atoms with E-state index in [1.807, 2.05) is 6.07 Å². The molecular formula is C13H14N2O3. The number of aromatic nitrogens is 2. The Labute approximate surface area is 104 Å². The zero-order valence-corrected chi connectivity index (χ0v) is 10.4. The zero-order chi connectivity index (χ0) is 12.8. The van der Waals surface area contributed by atoms with Gasteiger partial charge in [0.1, 0.15) is 11.3 Å². The second kappa shape index (κ2) is 3.80. The highest BCUT2D eigenvalue weighted by molar-refractivity contribution is 5.88. The largest absolute Gasteiger partial charge is 0.464 e. The fraction of sp³-hybridized carbons (Fsp3) is 0.462. The molecule has 94 valence electrons. The first kappa shape index (κ1) is 11.2. The van der Waals surface area contributed by atoms with E-state index >= 15 is 0 Å². The number of methoxy groups -OCH3 is 1. The van der Waals surface area contributed by atoms with Gasteiger partial charge in [0.2, 0.25) is 5.71 Å². The number of rotatable bonds is 2. The monoisotopic (exact) mass is 246 g/mol. The van der Waals surface area contributed by atoms with E-state index in [4.69, 9.17) is 4.42 Å². The van der Waals surface area contributed by atoms with E-state index < -0.39 is 5.97 Å². The van der Waals surface area contributed by atoms with Crippen molar-refractivity contribution in [3.63, 3.8) is 0 Å². The van der Waals surface area contributed by atoms with Crippen molar-refractivity contribution in [3.05, 3.63) is 23.7 Å². The van der Waals surface area contributed by atoms with Crippen molar-refractivity contribution >= 4 is 17.2 Å². The van der Waals surface area contributed by atoms with Crippen LogP contribution in [-0.2, 0) is 10.2 Å². The molecule has 0 saturated heterocycles. The summed E-state index contributed by atoms with van der Waals surface area (Å²) in [6, 6.07) is 1.88. The van der Waals surface area contributed by atoms with Gasteiger partial charge in [0.05, 0.1) is 13.3 Å². The van der Waals surface area contributed by atoms with Crippen molar-refractivity contribution in [1.82, 2.24) is 9.97 Å². The molecule has 0 unspecified atom stereocenters. The maximum absolute atomic E-state index is 11.4. The van der Waals surface area contributed by atoms with E-state index in [1.165, 1.54) is 19.7 Å². The molecule has 5 heteroatoms. The first-order valence-electron chi connectivity index (χ1n) is 5.98. The first-order valence-corrected chi connectivity index (χ1v) is 5.98. The van der Waals surface area contributed by atoms with Crippen molar-refractivity contribution in [2.75, 3.05) is 7.11 Å². The van der Waals surface area contributed by atoms with Gasteiger partial charge < -0.3 is 9.15 Å². The molecule has 0 amide bonds. The lowest BCUT2D eigenvalue weighted by Crippen LogP contribution is -2.29. The summed E-state index contributed by atoms with van der Waals surface area (Å²) in [4.78, 5) is 19.7. The summed E-state index contributed by atoms with van der Waals surface area (Å²) >= 11 is 0. The third-order valence-corrected chi connectivity index (χ3v) is 3.69. The van der Waals surface area contributed by atoms with Gasteiger partial charge in [-0.1, -0.05) is 13.3 Å². The highest BCUT2D eigenvalue weighted by atomic mass is 16.5. The van der Waals surface area contributed by atoms with Crippen LogP contribution in [0.4, 0.5) is 0 Å². The van der Waals surface area contributed by atoms with Gasteiger partial charge in [-0.2, -0.15) is 0 Å². The Bertz CT molecular complexity index is 614. The highest BCUT2D eigenvalue weighted by Gasteiger charge is 2.37. The molecular weight excluding hydrogens is 232 g/mol. The molecule has 18 heavy (non-hydrogen) atoms. The van der Waals surface area contributed by atoms with Gasteiger partial charge in [-0.3, -0.25) is 0 Å². The fourth-order valence-electron chi connectivity index (χ4n) is 2.28. The predicted octanol–water partition coefficient (Wildman–Crippen LogP) is 2.45. The molecule has 2 aromatic rings. The molecule has 1 saturated carbocycles. The van der Waals surface area contributed by atoms with Gasteiger partial charge in [0.15, 0.2) is 5.69 Å². The number of hydrogen-bond donors (Lipinski definition) is 0. The number of esters is 1. The molecule has 0 aliphatic heterocycles. The van der Waals surface area contributed by atoms with Crippen LogP contribution >= 0.6 is 0 Å². The van der Waals surface area contributed by atoms with Crippen LogP contribution < -0.4 is 0 Å². The van der Waals surface area contributed by atoms with Crippen LogP contribution in [0.25, 0.3) is 11.2 Å². The maximum atomic E-state index is 11.4. The van der Waals surface area contributed by atoms with Crippen LogP contribution in [0.2, 0.25) is 0 Å². The van der Waals surface area contributed by atoms with Crippen molar-refractivity contribution in [2.45, 2.75) is 31.6 Å². The summed E-state index contributed by atoms with van der Waals surface area (Å²) in [5, 5.41) is 0. The van der Waals surface area contributed by atoms with Crippen molar-refractivity contribution in [1.29, 1.82) is 0 Å². The Morgan fingerprint density at radius 2 is 2.28 bits per heavy atom. The minimum atomic E-state index is -0.484. The van der Waals surface area contributed by atoms with Crippen LogP contribution in [0.3, 0.4) is 0 Å². The number of fused-ring (bicyclic) bond motifs is 1. The minimum absolute atomic E-state index is 0.105. The van der Waals surface area contributed by atoms with Crippen LogP contribution in [-0.4, -0.2) is 23.0 Å². The molecule has 1 fully saturated rings. The molecule has 2 aromatic heterocycles. The number of carbonyl (C=O) groups excluding carboxylic acids is 1. The van der Waals surface area contributed by atoms with Crippen molar-refractivity contribution in [3.8, 4) is 0 Å². The summed E-state index contributed by atoms with van der Waals surface area (Å²) in [5.41, 5.74) is 1.40. The third-order valence-electron chi connectivity index (χ3n) is 3.69. The topological polar surface area (TPSA) is 65.2 Å². The van der Waals surface area contributed by atoms with Crippen LogP contribution in [0.15, 0.2) is 16.7 Å². The predicted molar refractivity (Wildman–Crippen MR) is 64.3 cm³/mol. The van der Waals surface area contributed by atoms with Gasteiger partial charge in [0, 0.05) is 11.5 Å². The molecule has 3 rings (SSSR count). The van der Waals surface area contributed by atoms with E-state index in [9.17, 15) is 4.79 Å². The molecule has 1 aliphatic carbocycles. The van der Waals surface area contributed by atoms with Gasteiger partial charge in [-0.15, -0.1) is 0 Å². The summed E-state index contributed by atoms with van der Waals surface area (Å²) in [7, 11) is 1.32. The lowest BCUT2D eigenvalue weighted by Gasteiger charge is -2.35. The summed E-state index contributed by atoms with van der Waals surface area (Å²) in [6.45, 7) is 2.18. The van der Waals surface area contributed by atoms with E-state index in [-0.39, 0.29) is 11.1 Å². The quantitative estimate of drug-likeness (QED) is 0.761. The lowest BCUT2D eigenvalue weighted by molar-refractivity contribution is 0.0594. The van der Waals surface area contributed by atoms with Gasteiger partial charge in [-0.05, 0) is 12.8 Å². The molecule has 0 spiro atoms. The van der Waals surface area contributed by atoms with Gasteiger partial charge in [0.25, 0.3) is 0 Å². The smallest absolute Gasteiger partial charge is 0.358 e. The highest BCUT2D eigenvalue weighted by Crippen LogP contribution is 2.44. The van der Waals surface area contributed by atoms with Crippen molar-refractivity contribution < 1.29 is 13.9 Å². The number of nitrogens with zero attached hydrogens (tertiary/aromatic N) is 2. The first-order chi connectivity index (χ1) is 8.62. The molecule has 2 heterocycles. The average molecular weight is 246 g/mol. The number of hydrogen-bond acceptors (Lipinski definition) is 5. The van der Waals surface area contributed by atoms with Gasteiger partial charge >= 0.3 is 5.97 Å². The fourth-order valence-corrected chi connectivity index (χ4v) is 2.28. The Balaban J connectivity index is 2.04. The molecule has 0 atom stereocenters. The Morgan fingerprint density at radius 1 is 1.50 bits per heavy atom. The Kier molecular flexibility index (Phi) is 2.36. The minimum Gasteiger partial charge on any atom is -0.464 e. The number of furan rings is 1. The van der Waals surface area contributed by atoms with Crippen LogP contribution in [0.1, 0.15) is 42.4 Å². The molecule has 0 bridgehead atoms. The number of carbonyl (C=O) groups is 1. The molecule has 0 aromatic carbocycles.